The number of hydrogen-bond donors (Lipinski definition) is 1. The minimum atomic E-state index is -0.340. The van der Waals surface area contributed by atoms with Crippen LogP contribution in [0.15, 0.2) is 42.5 Å². The average Bonchev–Trinajstić information content (AvgIpc) is 2.85. The van der Waals surface area contributed by atoms with E-state index in [-0.39, 0.29) is 5.82 Å². The number of benzene rings is 2. The zero-order valence-electron chi connectivity index (χ0n) is 11.1. The Morgan fingerprint density at radius 1 is 1.15 bits per heavy atom. The van der Waals surface area contributed by atoms with Gasteiger partial charge in [-0.15, -0.1) is 0 Å². The van der Waals surface area contributed by atoms with Crippen LogP contribution < -0.4 is 0 Å². The van der Waals surface area contributed by atoms with Crippen LogP contribution in [-0.2, 0) is 6.42 Å². The first-order valence-electron chi connectivity index (χ1n) is 6.58. The van der Waals surface area contributed by atoms with Gasteiger partial charge in [0.25, 0.3) is 0 Å². The second kappa shape index (κ2) is 4.93. The van der Waals surface area contributed by atoms with E-state index in [4.69, 9.17) is 0 Å². The number of aromatic amines is 1. The molecule has 0 aliphatic rings. The van der Waals surface area contributed by atoms with E-state index in [2.05, 4.69) is 11.9 Å². The number of fused-ring (bicyclic) bond motifs is 1. The van der Waals surface area contributed by atoms with Crippen molar-refractivity contribution in [3.8, 4) is 11.3 Å². The van der Waals surface area contributed by atoms with Crippen molar-refractivity contribution in [2.24, 2.45) is 0 Å². The highest BCUT2D eigenvalue weighted by molar-refractivity contribution is 6.04. The molecule has 0 atom stereocenters. The van der Waals surface area contributed by atoms with Gasteiger partial charge in [0.1, 0.15) is 5.82 Å². The Hall–Kier alpha value is -2.42. The Kier molecular flexibility index (Phi) is 3.11. The molecule has 0 amide bonds. The number of aryl methyl sites for hydroxylation is 1. The summed E-state index contributed by atoms with van der Waals surface area (Å²) in [5.74, 6) is -0.340. The maximum Gasteiger partial charge on any atom is 0.152 e. The molecule has 3 heteroatoms. The van der Waals surface area contributed by atoms with Gasteiger partial charge in [0, 0.05) is 16.5 Å². The molecule has 1 N–H and O–H groups in total. The summed E-state index contributed by atoms with van der Waals surface area (Å²) in [7, 11) is 0. The van der Waals surface area contributed by atoms with Crippen molar-refractivity contribution in [3.05, 3.63) is 59.4 Å². The quantitative estimate of drug-likeness (QED) is 0.703. The second-order valence-corrected chi connectivity index (χ2v) is 4.77. The van der Waals surface area contributed by atoms with Crippen LogP contribution in [0.25, 0.3) is 22.2 Å². The second-order valence-electron chi connectivity index (χ2n) is 4.77. The molecule has 1 aromatic heterocycles. The van der Waals surface area contributed by atoms with Gasteiger partial charge in [0.15, 0.2) is 6.29 Å². The molecule has 0 fully saturated rings. The van der Waals surface area contributed by atoms with Crippen molar-refractivity contribution in [2.45, 2.75) is 13.3 Å². The number of nitrogens with one attached hydrogen (secondary N) is 1. The summed E-state index contributed by atoms with van der Waals surface area (Å²) in [5.41, 5.74) is 4.18. The molecule has 0 aliphatic heterocycles. The fourth-order valence-corrected chi connectivity index (χ4v) is 2.44. The first kappa shape index (κ1) is 12.6. The highest BCUT2D eigenvalue weighted by Crippen LogP contribution is 2.29. The number of hydrogen-bond acceptors (Lipinski definition) is 1. The standard InChI is InChI=1S/C17H14FNO/c1-2-11-3-5-12(6-4-11)17-15(10-20)14-9-13(18)7-8-16(14)19-17/h3-10,19H,2H2,1H3. The summed E-state index contributed by atoms with van der Waals surface area (Å²) < 4.78 is 13.3. The number of carbonyl (C=O) groups excluding carboxylic acids is 1. The van der Waals surface area contributed by atoms with Gasteiger partial charge in [-0.3, -0.25) is 4.79 Å². The molecule has 3 rings (SSSR count). The Bertz CT molecular complexity index is 772. The summed E-state index contributed by atoms with van der Waals surface area (Å²) in [6.07, 6.45) is 1.75. The third-order valence-corrected chi connectivity index (χ3v) is 3.57. The molecule has 20 heavy (non-hydrogen) atoms. The minimum absolute atomic E-state index is 0.340. The van der Waals surface area contributed by atoms with E-state index in [1.807, 2.05) is 24.3 Å². The molecule has 0 radical (unpaired) electrons. The fourth-order valence-electron chi connectivity index (χ4n) is 2.44. The van der Waals surface area contributed by atoms with E-state index in [0.29, 0.717) is 10.9 Å². The monoisotopic (exact) mass is 267 g/mol. The zero-order valence-corrected chi connectivity index (χ0v) is 11.1. The van der Waals surface area contributed by atoms with Gasteiger partial charge in [-0.1, -0.05) is 31.2 Å². The molecule has 0 aliphatic carbocycles. The number of carbonyl (C=O) groups is 1. The zero-order chi connectivity index (χ0) is 14.1. The molecular formula is C17H14FNO. The summed E-state index contributed by atoms with van der Waals surface area (Å²) in [5, 5.41) is 0.620. The van der Waals surface area contributed by atoms with Crippen LogP contribution >= 0.6 is 0 Å². The van der Waals surface area contributed by atoms with Gasteiger partial charge in [0.2, 0.25) is 0 Å². The van der Waals surface area contributed by atoms with Crippen LogP contribution in [0.3, 0.4) is 0 Å². The van der Waals surface area contributed by atoms with Gasteiger partial charge >= 0.3 is 0 Å². The summed E-state index contributed by atoms with van der Waals surface area (Å²) in [4.78, 5) is 14.6. The van der Waals surface area contributed by atoms with Crippen LogP contribution in [0, 0.1) is 5.82 Å². The Labute approximate surface area is 116 Å². The lowest BCUT2D eigenvalue weighted by Crippen LogP contribution is -1.86. The molecule has 0 bridgehead atoms. The van der Waals surface area contributed by atoms with E-state index in [0.717, 1.165) is 29.5 Å². The Morgan fingerprint density at radius 3 is 2.55 bits per heavy atom. The number of H-pyrrole nitrogens is 1. The third kappa shape index (κ3) is 2.01. The number of aldehydes is 1. The minimum Gasteiger partial charge on any atom is -0.354 e. The molecule has 100 valence electrons. The van der Waals surface area contributed by atoms with E-state index in [1.54, 1.807) is 6.07 Å². The maximum absolute atomic E-state index is 13.3. The average molecular weight is 267 g/mol. The normalized spacial score (nSPS) is 10.9. The van der Waals surface area contributed by atoms with Crippen LogP contribution in [0.4, 0.5) is 4.39 Å². The lowest BCUT2D eigenvalue weighted by Gasteiger charge is -2.01. The van der Waals surface area contributed by atoms with Gasteiger partial charge in [0.05, 0.1) is 5.69 Å². The first-order valence-corrected chi connectivity index (χ1v) is 6.58. The molecule has 1 heterocycles. The predicted molar refractivity (Wildman–Crippen MR) is 78.5 cm³/mol. The molecule has 0 spiro atoms. The van der Waals surface area contributed by atoms with Crippen LogP contribution in [0.1, 0.15) is 22.8 Å². The first-order chi connectivity index (χ1) is 9.72. The van der Waals surface area contributed by atoms with Gasteiger partial charge in [-0.2, -0.15) is 0 Å². The highest BCUT2D eigenvalue weighted by Gasteiger charge is 2.13. The van der Waals surface area contributed by atoms with Crippen molar-refractivity contribution in [1.82, 2.24) is 4.98 Å². The number of halogens is 1. The number of rotatable bonds is 3. The fraction of sp³-hybridized carbons (Fsp3) is 0.118. The molecule has 0 saturated carbocycles. The molecular weight excluding hydrogens is 253 g/mol. The Morgan fingerprint density at radius 2 is 1.90 bits per heavy atom. The molecule has 0 unspecified atom stereocenters. The van der Waals surface area contributed by atoms with Crippen LogP contribution in [-0.4, -0.2) is 11.3 Å². The topological polar surface area (TPSA) is 32.9 Å². The third-order valence-electron chi connectivity index (χ3n) is 3.57. The van der Waals surface area contributed by atoms with Crippen molar-refractivity contribution >= 4 is 17.2 Å². The smallest absolute Gasteiger partial charge is 0.152 e. The summed E-state index contributed by atoms with van der Waals surface area (Å²) in [6.45, 7) is 2.09. The highest BCUT2D eigenvalue weighted by atomic mass is 19.1. The lowest BCUT2D eigenvalue weighted by molar-refractivity contribution is 0.112. The summed E-state index contributed by atoms with van der Waals surface area (Å²) >= 11 is 0. The van der Waals surface area contributed by atoms with E-state index < -0.39 is 0 Å². The van der Waals surface area contributed by atoms with Gasteiger partial charge < -0.3 is 4.98 Å². The molecule has 3 aromatic rings. The Balaban J connectivity index is 2.21. The summed E-state index contributed by atoms with van der Waals surface area (Å²) in [6, 6.07) is 12.5. The van der Waals surface area contributed by atoms with E-state index in [9.17, 15) is 9.18 Å². The van der Waals surface area contributed by atoms with Crippen molar-refractivity contribution in [2.75, 3.05) is 0 Å². The molecule has 2 nitrogen and oxygen atoms in total. The number of aromatic nitrogens is 1. The molecule has 2 aromatic carbocycles. The van der Waals surface area contributed by atoms with Crippen molar-refractivity contribution in [1.29, 1.82) is 0 Å². The van der Waals surface area contributed by atoms with E-state index in [1.165, 1.54) is 17.7 Å². The predicted octanol–water partition coefficient (Wildman–Crippen LogP) is 4.35. The van der Waals surface area contributed by atoms with Crippen molar-refractivity contribution in [3.63, 3.8) is 0 Å². The van der Waals surface area contributed by atoms with E-state index >= 15 is 0 Å². The largest absolute Gasteiger partial charge is 0.354 e. The SMILES string of the molecule is CCc1ccc(-c2[nH]c3ccc(F)cc3c2C=O)cc1. The molecule has 0 saturated heterocycles. The van der Waals surface area contributed by atoms with Crippen LogP contribution in [0.5, 0.6) is 0 Å². The van der Waals surface area contributed by atoms with Crippen molar-refractivity contribution < 1.29 is 9.18 Å². The van der Waals surface area contributed by atoms with Crippen LogP contribution in [0.2, 0.25) is 0 Å². The lowest BCUT2D eigenvalue weighted by atomic mass is 10.0. The van der Waals surface area contributed by atoms with Gasteiger partial charge in [-0.25, -0.2) is 4.39 Å². The maximum atomic E-state index is 13.3. The van der Waals surface area contributed by atoms with Gasteiger partial charge in [-0.05, 0) is 35.7 Å².